The first-order valence-corrected chi connectivity index (χ1v) is 10.7. The molecule has 1 rings (SSSR count). The van der Waals surface area contributed by atoms with E-state index in [9.17, 15) is 18.0 Å². The molecule has 1 atom stereocenters. The van der Waals surface area contributed by atoms with Crippen molar-refractivity contribution >= 4 is 37.6 Å². The van der Waals surface area contributed by atoms with Crippen LogP contribution in [0, 0.1) is 0 Å². The van der Waals surface area contributed by atoms with Crippen molar-refractivity contribution in [1.82, 2.24) is 5.32 Å². The summed E-state index contributed by atoms with van der Waals surface area (Å²) < 4.78 is 29.5. The molecule has 0 aliphatic rings. The molecule has 0 saturated heterocycles. The molecule has 0 bridgehead atoms. The second-order valence-electron chi connectivity index (χ2n) is 5.75. The van der Waals surface area contributed by atoms with Gasteiger partial charge in [-0.05, 0) is 24.1 Å². The van der Waals surface area contributed by atoms with Crippen molar-refractivity contribution in [3.05, 3.63) is 34.3 Å². The van der Waals surface area contributed by atoms with Crippen LogP contribution in [0.4, 0.5) is 0 Å². The number of ether oxygens (including phenoxy) is 1. The Balaban J connectivity index is 2.77. The van der Waals surface area contributed by atoms with Crippen molar-refractivity contribution < 1.29 is 22.7 Å². The summed E-state index contributed by atoms with van der Waals surface area (Å²) in [7, 11) is -2.19. The maximum absolute atomic E-state index is 12.2. The number of carbonyl (C=O) groups excluding carboxylic acids is 2. The van der Waals surface area contributed by atoms with Gasteiger partial charge in [-0.25, -0.2) is 8.42 Å². The minimum atomic E-state index is -3.46. The number of nitrogens with one attached hydrogen (secondary N) is 1. The number of rotatable bonds is 10. The van der Waals surface area contributed by atoms with Crippen LogP contribution < -0.4 is 5.32 Å². The maximum Gasteiger partial charge on any atom is 0.307 e. The van der Waals surface area contributed by atoms with Gasteiger partial charge in [-0.15, -0.1) is 0 Å². The summed E-state index contributed by atoms with van der Waals surface area (Å²) in [6, 6.07) is 6.45. The highest BCUT2D eigenvalue weighted by Gasteiger charge is 2.22. The Morgan fingerprint density at radius 1 is 1.20 bits per heavy atom. The fourth-order valence-electron chi connectivity index (χ4n) is 2.28. The molecule has 1 aromatic rings. The first-order valence-electron chi connectivity index (χ1n) is 8.09. The summed E-state index contributed by atoms with van der Waals surface area (Å²) in [5, 5.41) is 2.63. The van der Waals surface area contributed by atoms with E-state index in [-0.39, 0.29) is 12.2 Å². The minimum Gasteiger partial charge on any atom is -0.469 e. The quantitative estimate of drug-likeness (QED) is 0.452. The van der Waals surface area contributed by atoms with Gasteiger partial charge in [0.15, 0.2) is 9.84 Å². The van der Waals surface area contributed by atoms with Gasteiger partial charge in [0.05, 0.1) is 25.3 Å². The van der Waals surface area contributed by atoms with E-state index >= 15 is 0 Å². The van der Waals surface area contributed by atoms with Crippen molar-refractivity contribution in [2.75, 3.05) is 18.6 Å². The van der Waals surface area contributed by atoms with Crippen molar-refractivity contribution in [1.29, 1.82) is 0 Å². The molecule has 0 aliphatic heterocycles. The summed E-state index contributed by atoms with van der Waals surface area (Å²) in [4.78, 5) is 23.8. The van der Waals surface area contributed by atoms with Gasteiger partial charge in [0.1, 0.15) is 5.75 Å². The van der Waals surface area contributed by atoms with Gasteiger partial charge in [0, 0.05) is 4.47 Å². The second kappa shape index (κ2) is 10.6. The van der Waals surface area contributed by atoms with Gasteiger partial charge in [-0.1, -0.05) is 47.8 Å². The van der Waals surface area contributed by atoms with E-state index in [1.807, 2.05) is 6.92 Å². The predicted molar refractivity (Wildman–Crippen MR) is 99.8 cm³/mol. The lowest BCUT2D eigenvalue weighted by molar-refractivity contribution is -0.141. The van der Waals surface area contributed by atoms with Crippen LogP contribution >= 0.6 is 15.9 Å². The Bertz CT molecular complexity index is 673. The Labute approximate surface area is 157 Å². The Hall–Kier alpha value is -1.41. The van der Waals surface area contributed by atoms with Crippen molar-refractivity contribution in [3.8, 4) is 0 Å². The molecule has 1 aromatic carbocycles. The number of amides is 1. The van der Waals surface area contributed by atoms with E-state index in [2.05, 4.69) is 26.0 Å². The Morgan fingerprint density at radius 2 is 1.84 bits per heavy atom. The van der Waals surface area contributed by atoms with Crippen LogP contribution in [0.2, 0.25) is 0 Å². The highest BCUT2D eigenvalue weighted by molar-refractivity contribution is 9.10. The molecular weight excluding hydrogens is 410 g/mol. The molecule has 0 radical (unpaired) electrons. The molecule has 8 heteroatoms. The highest BCUT2D eigenvalue weighted by Crippen LogP contribution is 2.20. The van der Waals surface area contributed by atoms with Crippen LogP contribution in [-0.2, 0) is 24.2 Å². The van der Waals surface area contributed by atoms with Crippen LogP contribution in [0.1, 0.15) is 44.2 Å². The lowest BCUT2D eigenvalue weighted by Gasteiger charge is -2.18. The number of unbranched alkanes of at least 4 members (excludes halogenated alkanes) is 2. The summed E-state index contributed by atoms with van der Waals surface area (Å²) in [5.74, 6) is -1.69. The average Bonchev–Trinajstić information content (AvgIpc) is 2.54. The van der Waals surface area contributed by atoms with Gasteiger partial charge >= 0.3 is 5.97 Å². The third-order valence-corrected chi connectivity index (χ3v) is 5.76. The zero-order valence-electron chi connectivity index (χ0n) is 14.5. The molecular formula is C17H24BrNO5S. The topological polar surface area (TPSA) is 89.5 Å². The third-order valence-electron chi connectivity index (χ3n) is 3.62. The third kappa shape index (κ3) is 8.49. The van der Waals surface area contributed by atoms with E-state index in [0.29, 0.717) is 12.0 Å². The van der Waals surface area contributed by atoms with Crippen molar-refractivity contribution in [2.45, 2.75) is 38.6 Å². The summed E-state index contributed by atoms with van der Waals surface area (Å²) in [6.07, 6.45) is 2.20. The Kier molecular flexibility index (Phi) is 9.13. The Morgan fingerprint density at radius 3 is 2.40 bits per heavy atom. The van der Waals surface area contributed by atoms with Crippen molar-refractivity contribution in [2.24, 2.45) is 0 Å². The minimum absolute atomic E-state index is 0.00574. The van der Waals surface area contributed by atoms with Gasteiger partial charge < -0.3 is 10.1 Å². The standard InChI is InChI=1S/C17H24BrNO5S/c1-3-4-5-10-25(22,23)12-16(20)19-15(11-17(21)24-2)13-6-8-14(18)9-7-13/h6-9,15H,3-5,10-12H2,1-2H3,(H,19,20). The molecule has 0 fully saturated rings. The van der Waals surface area contributed by atoms with E-state index < -0.39 is 33.5 Å². The number of hydrogen-bond donors (Lipinski definition) is 1. The van der Waals surface area contributed by atoms with E-state index in [1.165, 1.54) is 7.11 Å². The highest BCUT2D eigenvalue weighted by atomic mass is 79.9. The second-order valence-corrected chi connectivity index (χ2v) is 8.85. The molecule has 6 nitrogen and oxygen atoms in total. The molecule has 0 aromatic heterocycles. The van der Waals surface area contributed by atoms with E-state index in [1.54, 1.807) is 24.3 Å². The molecule has 1 N–H and O–H groups in total. The van der Waals surface area contributed by atoms with Crippen LogP contribution in [0.3, 0.4) is 0 Å². The first kappa shape index (κ1) is 21.6. The number of hydrogen-bond acceptors (Lipinski definition) is 5. The van der Waals surface area contributed by atoms with Crippen LogP contribution in [0.5, 0.6) is 0 Å². The summed E-state index contributed by atoms with van der Waals surface area (Å²) >= 11 is 3.32. The fraction of sp³-hybridized carbons (Fsp3) is 0.529. The van der Waals surface area contributed by atoms with Crippen LogP contribution in [0.25, 0.3) is 0 Å². The lowest BCUT2D eigenvalue weighted by atomic mass is 10.0. The smallest absolute Gasteiger partial charge is 0.307 e. The lowest BCUT2D eigenvalue weighted by Crippen LogP contribution is -2.35. The van der Waals surface area contributed by atoms with Crippen LogP contribution in [-0.4, -0.2) is 38.9 Å². The molecule has 1 amide bonds. The predicted octanol–water partition coefficient (Wildman–Crippen LogP) is 2.77. The van der Waals surface area contributed by atoms with Gasteiger partial charge in [0.2, 0.25) is 5.91 Å². The number of benzene rings is 1. The summed E-state index contributed by atoms with van der Waals surface area (Å²) in [5.41, 5.74) is 0.699. The SMILES string of the molecule is CCCCCS(=O)(=O)CC(=O)NC(CC(=O)OC)c1ccc(Br)cc1. The molecule has 140 valence electrons. The zero-order chi connectivity index (χ0) is 18.9. The van der Waals surface area contributed by atoms with Crippen LogP contribution in [0.15, 0.2) is 28.7 Å². The molecule has 0 saturated carbocycles. The largest absolute Gasteiger partial charge is 0.469 e. The molecule has 0 aliphatic carbocycles. The van der Waals surface area contributed by atoms with E-state index in [4.69, 9.17) is 0 Å². The van der Waals surface area contributed by atoms with Crippen molar-refractivity contribution in [3.63, 3.8) is 0 Å². The first-order chi connectivity index (χ1) is 11.8. The number of esters is 1. The maximum atomic E-state index is 12.2. The molecule has 0 heterocycles. The average molecular weight is 434 g/mol. The fourth-order valence-corrected chi connectivity index (χ4v) is 3.81. The molecule has 0 spiro atoms. The molecule has 1 unspecified atom stereocenters. The number of sulfone groups is 1. The zero-order valence-corrected chi connectivity index (χ0v) is 16.9. The normalized spacial score (nSPS) is 12.4. The monoisotopic (exact) mass is 433 g/mol. The van der Waals surface area contributed by atoms with Gasteiger partial charge in [0.25, 0.3) is 0 Å². The van der Waals surface area contributed by atoms with Gasteiger partial charge in [-0.2, -0.15) is 0 Å². The number of halogens is 1. The van der Waals surface area contributed by atoms with Gasteiger partial charge in [-0.3, -0.25) is 9.59 Å². The molecule has 25 heavy (non-hydrogen) atoms. The number of carbonyl (C=O) groups is 2. The summed E-state index contributed by atoms with van der Waals surface area (Å²) in [6.45, 7) is 1.98. The number of methoxy groups -OCH3 is 1. The van der Waals surface area contributed by atoms with E-state index in [0.717, 1.165) is 17.3 Å².